The topological polar surface area (TPSA) is 134 Å². The van der Waals surface area contributed by atoms with Gasteiger partial charge in [0, 0.05) is 24.7 Å². The lowest BCUT2D eigenvalue weighted by atomic mass is 10.0. The van der Waals surface area contributed by atoms with Gasteiger partial charge in [-0.3, -0.25) is 14.4 Å². The molecule has 0 bridgehead atoms. The predicted molar refractivity (Wildman–Crippen MR) is 110 cm³/mol. The summed E-state index contributed by atoms with van der Waals surface area (Å²) in [4.78, 5) is 50.2. The average Bonchev–Trinajstić information content (AvgIpc) is 3.12. The number of rotatable bonds is 7. The number of carboxylic acid groups (broad SMARTS) is 1. The summed E-state index contributed by atoms with van der Waals surface area (Å²) >= 11 is 0. The van der Waals surface area contributed by atoms with Crippen molar-refractivity contribution in [2.75, 3.05) is 24.7 Å². The lowest BCUT2D eigenvalue weighted by molar-refractivity contribution is -0.143. The van der Waals surface area contributed by atoms with Gasteiger partial charge in [-0.05, 0) is 25.0 Å². The van der Waals surface area contributed by atoms with Crippen molar-refractivity contribution in [1.29, 1.82) is 0 Å². The van der Waals surface area contributed by atoms with E-state index in [0.29, 0.717) is 30.4 Å². The van der Waals surface area contributed by atoms with E-state index >= 15 is 0 Å². The first kappa shape index (κ1) is 22.4. The fourth-order valence-corrected chi connectivity index (χ4v) is 3.52. The van der Waals surface area contributed by atoms with Crippen molar-refractivity contribution in [1.82, 2.24) is 10.6 Å². The van der Waals surface area contributed by atoms with Gasteiger partial charge in [0.25, 0.3) is 0 Å². The lowest BCUT2D eigenvalue weighted by Crippen LogP contribution is -2.52. The van der Waals surface area contributed by atoms with Crippen LogP contribution in [0.1, 0.15) is 27.2 Å². The first-order valence-electron chi connectivity index (χ1n) is 10.2. The first-order chi connectivity index (χ1) is 14.7. The highest BCUT2D eigenvalue weighted by molar-refractivity contribution is 6.01. The molecule has 0 spiro atoms. The van der Waals surface area contributed by atoms with Crippen LogP contribution in [0.5, 0.6) is 11.5 Å². The first-order valence-corrected chi connectivity index (χ1v) is 10.2. The summed E-state index contributed by atoms with van der Waals surface area (Å²) in [5.41, 5.74) is 0.608. The summed E-state index contributed by atoms with van der Waals surface area (Å²) in [6.07, 6.45) is 0.0123. The van der Waals surface area contributed by atoms with Gasteiger partial charge in [0.05, 0.1) is 5.92 Å². The second-order valence-electron chi connectivity index (χ2n) is 8.03. The summed E-state index contributed by atoms with van der Waals surface area (Å²) < 4.78 is 11.0. The van der Waals surface area contributed by atoms with Gasteiger partial charge in [-0.2, -0.15) is 0 Å². The molecular formula is C21H27N3O7. The Morgan fingerprint density at radius 3 is 2.42 bits per heavy atom. The zero-order chi connectivity index (χ0) is 22.7. The number of carbonyl (C=O) groups is 4. The molecular weight excluding hydrogens is 406 g/mol. The molecule has 0 aromatic heterocycles. The van der Waals surface area contributed by atoms with Crippen LogP contribution in [0.25, 0.3) is 0 Å². The fraction of sp³-hybridized carbons (Fsp3) is 0.524. The summed E-state index contributed by atoms with van der Waals surface area (Å²) in [6, 6.07) is 3.18. The molecule has 1 aromatic carbocycles. The second kappa shape index (κ2) is 9.23. The van der Waals surface area contributed by atoms with Crippen LogP contribution in [0.4, 0.5) is 5.69 Å². The number of carbonyl (C=O) groups excluding carboxylic acids is 3. The SMILES string of the molecule is CC(C)[C@H](NC(=O)[C@H](C)NC(=O)C1CC(=O)N(c2ccc3c(c2)OCCO3)C1)C(=O)O. The number of hydrogen-bond donors (Lipinski definition) is 3. The minimum absolute atomic E-state index is 0.0123. The zero-order valence-corrected chi connectivity index (χ0v) is 17.7. The third kappa shape index (κ3) is 5.07. The normalized spacial score (nSPS) is 19.7. The molecule has 10 nitrogen and oxygen atoms in total. The van der Waals surface area contributed by atoms with E-state index in [1.54, 1.807) is 32.0 Å². The monoisotopic (exact) mass is 433 g/mol. The Labute approximate surface area is 179 Å². The van der Waals surface area contributed by atoms with Gasteiger partial charge in [0.2, 0.25) is 17.7 Å². The highest BCUT2D eigenvalue weighted by atomic mass is 16.6. The Kier molecular flexibility index (Phi) is 6.67. The molecule has 0 saturated carbocycles. The smallest absolute Gasteiger partial charge is 0.326 e. The third-order valence-corrected chi connectivity index (χ3v) is 5.32. The van der Waals surface area contributed by atoms with Crippen LogP contribution in [0.15, 0.2) is 18.2 Å². The minimum atomic E-state index is -1.14. The van der Waals surface area contributed by atoms with Crippen LogP contribution >= 0.6 is 0 Å². The van der Waals surface area contributed by atoms with Gasteiger partial charge in [-0.25, -0.2) is 4.79 Å². The molecule has 1 fully saturated rings. The van der Waals surface area contributed by atoms with E-state index in [9.17, 15) is 24.3 Å². The molecule has 31 heavy (non-hydrogen) atoms. The maximum Gasteiger partial charge on any atom is 0.326 e. The number of aliphatic carboxylic acids is 1. The van der Waals surface area contributed by atoms with Gasteiger partial charge < -0.3 is 30.1 Å². The Morgan fingerprint density at radius 2 is 1.77 bits per heavy atom. The van der Waals surface area contributed by atoms with Gasteiger partial charge in [0.1, 0.15) is 25.3 Å². The Hall–Kier alpha value is -3.30. The van der Waals surface area contributed by atoms with E-state index < -0.39 is 35.8 Å². The Morgan fingerprint density at radius 1 is 1.10 bits per heavy atom. The molecule has 1 unspecified atom stereocenters. The summed E-state index contributed by atoms with van der Waals surface area (Å²) in [5.74, 6) is -2.16. The summed E-state index contributed by atoms with van der Waals surface area (Å²) in [5, 5.41) is 14.2. The van der Waals surface area contributed by atoms with Gasteiger partial charge >= 0.3 is 5.97 Å². The fourth-order valence-electron chi connectivity index (χ4n) is 3.52. The van der Waals surface area contributed by atoms with E-state index in [1.165, 1.54) is 11.8 Å². The summed E-state index contributed by atoms with van der Waals surface area (Å²) in [7, 11) is 0. The molecule has 168 valence electrons. The number of anilines is 1. The molecule has 2 heterocycles. The van der Waals surface area contributed by atoms with Crippen molar-refractivity contribution in [3.8, 4) is 11.5 Å². The number of benzene rings is 1. The van der Waals surface area contributed by atoms with Crippen LogP contribution in [-0.4, -0.2) is 60.6 Å². The number of fused-ring (bicyclic) bond motifs is 1. The molecule has 1 aromatic rings. The van der Waals surface area contributed by atoms with E-state index in [-0.39, 0.29) is 24.8 Å². The van der Waals surface area contributed by atoms with Crippen molar-refractivity contribution in [3.63, 3.8) is 0 Å². The standard InChI is InChI=1S/C21H27N3O7/c1-11(2)18(21(28)29)23-19(26)12(3)22-20(27)13-8-17(25)24(10-13)14-4-5-15-16(9-14)31-7-6-30-15/h4-5,9,11-13,18H,6-8,10H2,1-3H3,(H,22,27)(H,23,26)(H,28,29)/t12-,13?,18-/m0/s1. The second-order valence-corrected chi connectivity index (χ2v) is 8.03. The van der Waals surface area contributed by atoms with Gasteiger partial charge in [-0.15, -0.1) is 0 Å². The quantitative estimate of drug-likeness (QED) is 0.571. The zero-order valence-electron chi connectivity index (χ0n) is 17.7. The predicted octanol–water partition coefficient (Wildman–Crippen LogP) is 0.541. The molecule has 2 aliphatic rings. The van der Waals surface area contributed by atoms with Crippen molar-refractivity contribution in [2.24, 2.45) is 11.8 Å². The third-order valence-electron chi connectivity index (χ3n) is 5.32. The highest BCUT2D eigenvalue weighted by Gasteiger charge is 2.37. The molecule has 0 aliphatic carbocycles. The number of nitrogens with zero attached hydrogens (tertiary/aromatic N) is 1. The van der Waals surface area contributed by atoms with Crippen LogP contribution in [0.3, 0.4) is 0 Å². The van der Waals surface area contributed by atoms with Crippen LogP contribution < -0.4 is 25.0 Å². The summed E-state index contributed by atoms with van der Waals surface area (Å²) in [6.45, 7) is 5.89. The van der Waals surface area contributed by atoms with Crippen molar-refractivity contribution >= 4 is 29.4 Å². The largest absolute Gasteiger partial charge is 0.486 e. The van der Waals surface area contributed by atoms with Gasteiger partial charge in [0.15, 0.2) is 11.5 Å². The van der Waals surface area contributed by atoms with E-state index in [4.69, 9.17) is 9.47 Å². The maximum absolute atomic E-state index is 12.6. The average molecular weight is 433 g/mol. The van der Waals surface area contributed by atoms with E-state index in [0.717, 1.165) is 0 Å². The van der Waals surface area contributed by atoms with Crippen molar-refractivity contribution in [3.05, 3.63) is 18.2 Å². The Bertz CT molecular complexity index is 886. The molecule has 2 aliphatic heterocycles. The van der Waals surface area contributed by atoms with Crippen molar-refractivity contribution in [2.45, 2.75) is 39.3 Å². The molecule has 3 amide bonds. The lowest BCUT2D eigenvalue weighted by Gasteiger charge is -2.23. The van der Waals surface area contributed by atoms with Crippen LogP contribution in [0.2, 0.25) is 0 Å². The molecule has 3 atom stereocenters. The molecule has 3 rings (SSSR count). The van der Waals surface area contributed by atoms with E-state index in [1.807, 2.05) is 0 Å². The van der Waals surface area contributed by atoms with Crippen LogP contribution in [-0.2, 0) is 19.2 Å². The number of ether oxygens (including phenoxy) is 2. The van der Waals surface area contributed by atoms with E-state index in [2.05, 4.69) is 10.6 Å². The van der Waals surface area contributed by atoms with Crippen LogP contribution in [0, 0.1) is 11.8 Å². The highest BCUT2D eigenvalue weighted by Crippen LogP contribution is 2.36. The maximum atomic E-state index is 12.6. The molecule has 3 N–H and O–H groups in total. The molecule has 1 saturated heterocycles. The van der Waals surface area contributed by atoms with Crippen molar-refractivity contribution < 1.29 is 33.8 Å². The molecule has 10 heteroatoms. The number of carboxylic acids is 1. The number of nitrogens with one attached hydrogen (secondary N) is 2. The number of hydrogen-bond acceptors (Lipinski definition) is 6. The number of amides is 3. The Balaban J connectivity index is 1.60. The molecule has 0 radical (unpaired) electrons. The minimum Gasteiger partial charge on any atom is -0.486 e. The van der Waals surface area contributed by atoms with Gasteiger partial charge in [-0.1, -0.05) is 13.8 Å².